The Labute approximate surface area is 111 Å². The van der Waals surface area contributed by atoms with E-state index >= 15 is 0 Å². The van der Waals surface area contributed by atoms with E-state index in [1.165, 1.54) is 32.1 Å². The number of rotatable bonds is 3. The summed E-state index contributed by atoms with van der Waals surface area (Å²) < 4.78 is 0. The highest BCUT2D eigenvalue weighted by molar-refractivity contribution is 5.70. The molecule has 104 valence electrons. The van der Waals surface area contributed by atoms with Crippen LogP contribution in [0.3, 0.4) is 0 Å². The van der Waals surface area contributed by atoms with Gasteiger partial charge in [0.15, 0.2) is 0 Å². The summed E-state index contributed by atoms with van der Waals surface area (Å²) in [5.41, 5.74) is 0. The van der Waals surface area contributed by atoms with E-state index in [4.69, 9.17) is 0 Å². The summed E-state index contributed by atoms with van der Waals surface area (Å²) in [6, 6.07) is 0. The molecular formula is C16H28O2. The van der Waals surface area contributed by atoms with E-state index in [0.29, 0.717) is 11.8 Å². The Morgan fingerprint density at radius 1 is 1.17 bits per heavy atom. The van der Waals surface area contributed by atoms with E-state index in [1.54, 1.807) is 0 Å². The van der Waals surface area contributed by atoms with Crippen LogP contribution in [-0.4, -0.2) is 11.1 Å². The first-order valence-electron chi connectivity index (χ1n) is 7.84. The maximum atomic E-state index is 11.5. The van der Waals surface area contributed by atoms with Gasteiger partial charge < -0.3 is 5.11 Å². The minimum Gasteiger partial charge on any atom is -0.481 e. The van der Waals surface area contributed by atoms with E-state index < -0.39 is 5.97 Å². The molecule has 0 amide bonds. The third-order valence-corrected chi connectivity index (χ3v) is 5.49. The molecule has 0 spiro atoms. The van der Waals surface area contributed by atoms with Crippen LogP contribution in [0.2, 0.25) is 0 Å². The molecule has 0 radical (unpaired) electrons. The Kier molecular flexibility index (Phi) is 4.69. The highest BCUT2D eigenvalue weighted by Gasteiger charge is 2.39. The highest BCUT2D eigenvalue weighted by Crippen LogP contribution is 2.45. The molecule has 0 saturated heterocycles. The van der Waals surface area contributed by atoms with Crippen LogP contribution in [0.4, 0.5) is 0 Å². The van der Waals surface area contributed by atoms with E-state index in [2.05, 4.69) is 13.8 Å². The van der Waals surface area contributed by atoms with Gasteiger partial charge in [0.2, 0.25) is 0 Å². The zero-order chi connectivity index (χ0) is 13.1. The molecule has 2 nitrogen and oxygen atoms in total. The van der Waals surface area contributed by atoms with E-state index in [1.807, 2.05) is 0 Å². The van der Waals surface area contributed by atoms with Crippen molar-refractivity contribution < 1.29 is 9.90 Å². The first-order chi connectivity index (χ1) is 8.61. The topological polar surface area (TPSA) is 37.3 Å². The Hall–Kier alpha value is -0.530. The molecular weight excluding hydrogens is 224 g/mol. The Morgan fingerprint density at radius 3 is 2.61 bits per heavy atom. The van der Waals surface area contributed by atoms with Gasteiger partial charge in [0, 0.05) is 0 Å². The maximum absolute atomic E-state index is 11.5. The number of hydrogen-bond donors (Lipinski definition) is 1. The number of hydrogen-bond acceptors (Lipinski definition) is 1. The highest BCUT2D eigenvalue weighted by atomic mass is 16.4. The Morgan fingerprint density at radius 2 is 1.94 bits per heavy atom. The van der Waals surface area contributed by atoms with Crippen LogP contribution in [-0.2, 0) is 4.79 Å². The average molecular weight is 252 g/mol. The van der Waals surface area contributed by atoms with Crippen LogP contribution < -0.4 is 0 Å². The molecule has 0 heterocycles. The monoisotopic (exact) mass is 252 g/mol. The largest absolute Gasteiger partial charge is 0.481 e. The maximum Gasteiger partial charge on any atom is 0.306 e. The summed E-state index contributed by atoms with van der Waals surface area (Å²) >= 11 is 0. The first-order valence-corrected chi connectivity index (χ1v) is 7.84. The van der Waals surface area contributed by atoms with Gasteiger partial charge in [0.25, 0.3) is 0 Å². The summed E-state index contributed by atoms with van der Waals surface area (Å²) in [6.45, 7) is 4.58. The molecule has 0 aromatic carbocycles. The smallest absolute Gasteiger partial charge is 0.306 e. The van der Waals surface area contributed by atoms with Crippen molar-refractivity contribution in [2.75, 3.05) is 0 Å². The summed E-state index contributed by atoms with van der Waals surface area (Å²) in [4.78, 5) is 11.5. The van der Waals surface area contributed by atoms with Crippen molar-refractivity contribution >= 4 is 5.97 Å². The van der Waals surface area contributed by atoms with E-state index in [-0.39, 0.29) is 5.92 Å². The second kappa shape index (κ2) is 6.08. The Balaban J connectivity index is 2.04. The molecule has 5 atom stereocenters. The van der Waals surface area contributed by atoms with Crippen molar-refractivity contribution in [3.63, 3.8) is 0 Å². The van der Waals surface area contributed by atoms with Gasteiger partial charge in [-0.05, 0) is 49.4 Å². The average Bonchev–Trinajstić information content (AvgIpc) is 2.38. The van der Waals surface area contributed by atoms with Crippen molar-refractivity contribution in [2.45, 2.75) is 65.2 Å². The van der Waals surface area contributed by atoms with Crippen LogP contribution in [0.1, 0.15) is 65.2 Å². The molecule has 2 saturated carbocycles. The standard InChI is InChI=1S/C16H28O2/c1-3-12-5-4-6-13(10-12)15-9-11(2)7-8-14(15)16(17)18/h11-15H,3-10H2,1-2H3,(H,17,18). The van der Waals surface area contributed by atoms with Crippen LogP contribution >= 0.6 is 0 Å². The van der Waals surface area contributed by atoms with Gasteiger partial charge in [-0.3, -0.25) is 4.79 Å². The number of carbonyl (C=O) groups is 1. The van der Waals surface area contributed by atoms with Crippen molar-refractivity contribution in [1.82, 2.24) is 0 Å². The van der Waals surface area contributed by atoms with Crippen LogP contribution in [0, 0.1) is 29.6 Å². The quantitative estimate of drug-likeness (QED) is 0.811. The second-order valence-electron chi connectivity index (χ2n) is 6.73. The molecule has 1 N–H and O–H groups in total. The number of carboxylic acids is 1. The van der Waals surface area contributed by atoms with Crippen molar-refractivity contribution in [2.24, 2.45) is 29.6 Å². The van der Waals surface area contributed by atoms with Crippen molar-refractivity contribution in [1.29, 1.82) is 0 Å². The Bertz CT molecular complexity index is 287. The molecule has 2 aliphatic rings. The predicted molar refractivity (Wildman–Crippen MR) is 73.4 cm³/mol. The summed E-state index contributed by atoms with van der Waals surface area (Å²) in [7, 11) is 0. The predicted octanol–water partition coefficient (Wildman–Crippen LogP) is 4.34. The van der Waals surface area contributed by atoms with Crippen LogP contribution in [0.25, 0.3) is 0 Å². The third kappa shape index (κ3) is 3.07. The lowest BCUT2D eigenvalue weighted by atomic mass is 9.64. The minimum absolute atomic E-state index is 0.0539. The molecule has 0 bridgehead atoms. The minimum atomic E-state index is -0.537. The lowest BCUT2D eigenvalue weighted by molar-refractivity contribution is -0.147. The molecule has 2 rings (SSSR count). The molecule has 18 heavy (non-hydrogen) atoms. The van der Waals surface area contributed by atoms with Gasteiger partial charge in [-0.25, -0.2) is 0 Å². The lowest BCUT2D eigenvalue weighted by Gasteiger charge is -2.41. The first kappa shape index (κ1) is 13.9. The zero-order valence-electron chi connectivity index (χ0n) is 11.9. The zero-order valence-corrected chi connectivity index (χ0v) is 11.9. The van der Waals surface area contributed by atoms with E-state index in [0.717, 1.165) is 31.1 Å². The molecule has 0 aromatic rings. The third-order valence-electron chi connectivity index (χ3n) is 5.49. The van der Waals surface area contributed by atoms with Gasteiger partial charge in [-0.1, -0.05) is 39.5 Å². The molecule has 2 heteroatoms. The molecule has 2 aliphatic carbocycles. The van der Waals surface area contributed by atoms with Gasteiger partial charge in [0.05, 0.1) is 5.92 Å². The SMILES string of the molecule is CCC1CCCC(C2CC(C)CCC2C(=O)O)C1. The molecule has 2 fully saturated rings. The van der Waals surface area contributed by atoms with Crippen molar-refractivity contribution in [3.8, 4) is 0 Å². The van der Waals surface area contributed by atoms with Gasteiger partial charge in [0.1, 0.15) is 0 Å². The normalized spacial score (nSPS) is 41.6. The fourth-order valence-corrected chi connectivity index (χ4v) is 4.34. The summed E-state index contributed by atoms with van der Waals surface area (Å²) in [5, 5.41) is 9.45. The fraction of sp³-hybridized carbons (Fsp3) is 0.938. The number of carboxylic acid groups (broad SMARTS) is 1. The number of aliphatic carboxylic acids is 1. The van der Waals surface area contributed by atoms with Crippen LogP contribution in [0.15, 0.2) is 0 Å². The molecule has 0 aromatic heterocycles. The lowest BCUT2D eigenvalue weighted by Crippen LogP contribution is -2.36. The van der Waals surface area contributed by atoms with Gasteiger partial charge >= 0.3 is 5.97 Å². The summed E-state index contributed by atoms with van der Waals surface area (Å²) in [6.07, 6.45) is 9.70. The van der Waals surface area contributed by atoms with E-state index in [9.17, 15) is 9.90 Å². The van der Waals surface area contributed by atoms with Gasteiger partial charge in [-0.2, -0.15) is 0 Å². The van der Waals surface area contributed by atoms with Gasteiger partial charge in [-0.15, -0.1) is 0 Å². The summed E-state index contributed by atoms with van der Waals surface area (Å²) in [5.74, 6) is 2.14. The van der Waals surface area contributed by atoms with Crippen LogP contribution in [0.5, 0.6) is 0 Å². The molecule has 0 aliphatic heterocycles. The second-order valence-corrected chi connectivity index (χ2v) is 6.73. The molecule has 5 unspecified atom stereocenters. The van der Waals surface area contributed by atoms with Crippen molar-refractivity contribution in [3.05, 3.63) is 0 Å². The fourth-order valence-electron chi connectivity index (χ4n) is 4.34.